The van der Waals surface area contributed by atoms with E-state index in [1.165, 1.54) is 6.42 Å². The summed E-state index contributed by atoms with van der Waals surface area (Å²) in [6, 6.07) is 9.69. The highest BCUT2D eigenvalue weighted by molar-refractivity contribution is 7.16. The van der Waals surface area contributed by atoms with Gasteiger partial charge in [0.15, 0.2) is 0 Å². The van der Waals surface area contributed by atoms with E-state index in [1.807, 2.05) is 48.1 Å². The number of halogens is 1. The number of hydrogen-bond donors (Lipinski definition) is 1. The molecular weight excluding hydrogens is 430 g/mol. The van der Waals surface area contributed by atoms with Gasteiger partial charge in [-0.2, -0.15) is 0 Å². The van der Waals surface area contributed by atoms with E-state index in [-0.39, 0.29) is 17.9 Å². The number of hydrogen-bond acceptors (Lipinski definition) is 3. The molecule has 162 valence electrons. The van der Waals surface area contributed by atoms with E-state index in [4.69, 9.17) is 11.6 Å². The summed E-state index contributed by atoms with van der Waals surface area (Å²) in [5, 5.41) is 6.91. The van der Waals surface area contributed by atoms with Gasteiger partial charge in [-0.15, -0.1) is 11.3 Å². The summed E-state index contributed by atoms with van der Waals surface area (Å²) in [5.41, 5.74) is 1.14. The highest BCUT2D eigenvalue weighted by atomic mass is 35.5. The third-order valence-corrected chi connectivity index (χ3v) is 8.09. The van der Waals surface area contributed by atoms with E-state index in [1.54, 1.807) is 22.3 Å². The second-order valence-corrected chi connectivity index (χ2v) is 10.3. The standard InChI is InChI=1S/C24H26ClN3O2S/c1-15-8-9-18(13-19(15)25)28-21(29)20-12-16-10-11-31-22(16)27(20)14-24(28,2)23(30)26-17-6-4-3-5-7-17/h8-13,17H,3-7,14H2,1-2H3,(H,26,30)/t24-/m0/s1. The van der Waals surface area contributed by atoms with Gasteiger partial charge >= 0.3 is 0 Å². The first kappa shape index (κ1) is 20.6. The number of fused-ring (bicyclic) bond motifs is 3. The highest BCUT2D eigenvalue weighted by Gasteiger charge is 2.49. The van der Waals surface area contributed by atoms with Crippen LogP contribution in [-0.4, -0.2) is 28.0 Å². The number of benzene rings is 1. The molecule has 5 rings (SSSR count). The van der Waals surface area contributed by atoms with Crippen molar-refractivity contribution in [3.63, 3.8) is 0 Å². The highest BCUT2D eigenvalue weighted by Crippen LogP contribution is 2.38. The largest absolute Gasteiger partial charge is 0.351 e. The first-order valence-corrected chi connectivity index (χ1v) is 12.1. The number of rotatable bonds is 3. The Balaban J connectivity index is 1.61. The fourth-order valence-corrected chi connectivity index (χ4v) is 5.98. The van der Waals surface area contributed by atoms with Crippen molar-refractivity contribution in [3.05, 3.63) is 52.0 Å². The first-order chi connectivity index (χ1) is 14.9. The van der Waals surface area contributed by atoms with Crippen molar-refractivity contribution in [2.45, 2.75) is 64.1 Å². The fraction of sp³-hybridized carbons (Fsp3) is 0.417. The lowest BCUT2D eigenvalue weighted by Gasteiger charge is -2.44. The van der Waals surface area contributed by atoms with Crippen LogP contribution in [-0.2, 0) is 11.3 Å². The average molecular weight is 456 g/mol. The van der Waals surface area contributed by atoms with Crippen LogP contribution in [0.1, 0.15) is 55.1 Å². The molecule has 5 nitrogen and oxygen atoms in total. The third kappa shape index (κ3) is 3.37. The number of thiophene rings is 1. The molecule has 0 unspecified atom stereocenters. The molecule has 1 saturated carbocycles. The number of carbonyl (C=O) groups is 2. The van der Waals surface area contributed by atoms with Crippen molar-refractivity contribution in [1.82, 2.24) is 9.88 Å². The minimum absolute atomic E-state index is 0.103. The summed E-state index contributed by atoms with van der Waals surface area (Å²) in [5.74, 6) is -0.274. The van der Waals surface area contributed by atoms with Crippen LogP contribution in [0.5, 0.6) is 0 Å². The molecule has 0 saturated heterocycles. The minimum Gasteiger partial charge on any atom is -0.351 e. The number of anilines is 1. The summed E-state index contributed by atoms with van der Waals surface area (Å²) < 4.78 is 2.01. The van der Waals surface area contributed by atoms with Crippen molar-refractivity contribution in [2.24, 2.45) is 0 Å². The molecule has 3 heterocycles. The van der Waals surface area contributed by atoms with Gasteiger partial charge in [-0.25, -0.2) is 0 Å². The molecule has 2 amide bonds. The Morgan fingerprint density at radius 1 is 1.19 bits per heavy atom. The van der Waals surface area contributed by atoms with E-state index < -0.39 is 5.54 Å². The Labute approximate surface area is 191 Å². The van der Waals surface area contributed by atoms with E-state index >= 15 is 0 Å². The number of nitrogens with one attached hydrogen (secondary N) is 1. The van der Waals surface area contributed by atoms with Gasteiger partial charge in [-0.05, 0) is 61.9 Å². The van der Waals surface area contributed by atoms with E-state index in [9.17, 15) is 9.59 Å². The van der Waals surface area contributed by atoms with E-state index in [0.717, 1.165) is 41.5 Å². The fourth-order valence-electron chi connectivity index (χ4n) is 4.91. The molecule has 1 aliphatic carbocycles. The Hall–Kier alpha value is -2.31. The maximum Gasteiger partial charge on any atom is 0.275 e. The average Bonchev–Trinajstić information content (AvgIpc) is 3.34. The van der Waals surface area contributed by atoms with Crippen LogP contribution in [0.15, 0.2) is 35.7 Å². The second kappa shape index (κ2) is 7.68. The topological polar surface area (TPSA) is 54.3 Å². The van der Waals surface area contributed by atoms with Crippen molar-refractivity contribution >= 4 is 50.7 Å². The maximum absolute atomic E-state index is 13.8. The molecule has 1 aromatic carbocycles. The molecule has 7 heteroatoms. The molecule has 31 heavy (non-hydrogen) atoms. The molecular formula is C24H26ClN3O2S. The third-order valence-electron chi connectivity index (χ3n) is 6.73. The maximum atomic E-state index is 13.8. The Bertz CT molecular complexity index is 1180. The van der Waals surface area contributed by atoms with Gasteiger partial charge < -0.3 is 9.88 Å². The van der Waals surface area contributed by atoms with E-state index in [2.05, 4.69) is 5.32 Å². The van der Waals surface area contributed by atoms with Gasteiger partial charge in [0.05, 0.1) is 6.54 Å². The molecule has 0 spiro atoms. The quantitative estimate of drug-likeness (QED) is 0.564. The predicted octanol–water partition coefficient (Wildman–Crippen LogP) is 5.53. The molecule has 3 aromatic rings. The van der Waals surface area contributed by atoms with Crippen LogP contribution in [0.2, 0.25) is 5.02 Å². The molecule has 2 aromatic heterocycles. The van der Waals surface area contributed by atoms with Crippen LogP contribution in [0, 0.1) is 6.92 Å². The SMILES string of the molecule is Cc1ccc(N2C(=O)c3cc4ccsc4n3C[C@@]2(C)C(=O)NC2CCCCC2)cc1Cl. The number of aryl methyl sites for hydroxylation is 1. The number of aromatic nitrogens is 1. The summed E-state index contributed by atoms with van der Waals surface area (Å²) >= 11 is 8.01. The first-order valence-electron chi connectivity index (χ1n) is 10.9. The number of carbonyl (C=O) groups excluding carboxylic acids is 2. The molecule has 2 aliphatic rings. The smallest absolute Gasteiger partial charge is 0.275 e. The Morgan fingerprint density at radius 3 is 2.71 bits per heavy atom. The van der Waals surface area contributed by atoms with Crippen LogP contribution < -0.4 is 10.2 Å². The van der Waals surface area contributed by atoms with Crippen molar-refractivity contribution in [1.29, 1.82) is 0 Å². The van der Waals surface area contributed by atoms with Crippen LogP contribution >= 0.6 is 22.9 Å². The molecule has 1 fully saturated rings. The lowest BCUT2D eigenvalue weighted by Crippen LogP contribution is -2.65. The van der Waals surface area contributed by atoms with Gasteiger partial charge in [-0.1, -0.05) is 36.9 Å². The summed E-state index contributed by atoms with van der Waals surface area (Å²) in [4.78, 5) is 30.2. The molecule has 1 aliphatic heterocycles. The van der Waals surface area contributed by atoms with Gasteiger partial charge in [-0.3, -0.25) is 14.5 Å². The zero-order chi connectivity index (χ0) is 21.8. The van der Waals surface area contributed by atoms with Crippen LogP contribution in [0.25, 0.3) is 10.2 Å². The Kier molecular flexibility index (Phi) is 5.10. The summed E-state index contributed by atoms with van der Waals surface area (Å²) in [6.45, 7) is 4.21. The predicted molar refractivity (Wildman–Crippen MR) is 126 cm³/mol. The number of amides is 2. The van der Waals surface area contributed by atoms with Crippen LogP contribution in [0.3, 0.4) is 0 Å². The van der Waals surface area contributed by atoms with Crippen molar-refractivity contribution < 1.29 is 9.59 Å². The normalized spacial score (nSPS) is 22.0. The zero-order valence-electron chi connectivity index (χ0n) is 17.8. The van der Waals surface area contributed by atoms with Gasteiger partial charge in [0, 0.05) is 22.1 Å². The van der Waals surface area contributed by atoms with Gasteiger partial charge in [0.2, 0.25) is 5.91 Å². The van der Waals surface area contributed by atoms with Crippen LogP contribution in [0.4, 0.5) is 5.69 Å². The van der Waals surface area contributed by atoms with Gasteiger partial charge in [0.1, 0.15) is 16.1 Å². The van der Waals surface area contributed by atoms with Crippen molar-refractivity contribution in [2.75, 3.05) is 4.90 Å². The molecule has 0 radical (unpaired) electrons. The Morgan fingerprint density at radius 2 is 1.97 bits per heavy atom. The van der Waals surface area contributed by atoms with E-state index in [0.29, 0.717) is 22.9 Å². The number of nitrogens with zero attached hydrogens (tertiary/aromatic N) is 2. The molecule has 1 atom stereocenters. The van der Waals surface area contributed by atoms with Crippen molar-refractivity contribution in [3.8, 4) is 0 Å². The molecule has 0 bridgehead atoms. The zero-order valence-corrected chi connectivity index (χ0v) is 19.4. The summed E-state index contributed by atoms with van der Waals surface area (Å²) in [7, 11) is 0. The van der Waals surface area contributed by atoms with Gasteiger partial charge in [0.25, 0.3) is 5.91 Å². The lowest BCUT2D eigenvalue weighted by molar-refractivity contribution is -0.127. The molecule has 1 N–H and O–H groups in total. The lowest BCUT2D eigenvalue weighted by atomic mass is 9.91. The monoisotopic (exact) mass is 455 g/mol. The minimum atomic E-state index is -1.06. The summed E-state index contributed by atoms with van der Waals surface area (Å²) in [6.07, 6.45) is 5.48. The second-order valence-electron chi connectivity index (χ2n) is 8.95.